The largest absolute Gasteiger partial charge is 0.493 e. The van der Waals surface area contributed by atoms with Crippen molar-refractivity contribution >= 4 is 23.5 Å². The van der Waals surface area contributed by atoms with Gasteiger partial charge in [-0.25, -0.2) is 9.78 Å². The Morgan fingerprint density at radius 1 is 0.905 bits per heavy atom. The molecule has 0 radical (unpaired) electrons. The molecule has 1 unspecified atom stereocenters. The number of ether oxygens (including phenoxy) is 2. The summed E-state index contributed by atoms with van der Waals surface area (Å²) in [5.41, 5.74) is 1.64. The van der Waals surface area contributed by atoms with E-state index >= 15 is 0 Å². The van der Waals surface area contributed by atoms with E-state index in [1.165, 1.54) is 6.07 Å². The molecule has 9 nitrogen and oxygen atoms in total. The molecule has 2 amide bonds. The van der Waals surface area contributed by atoms with Crippen LogP contribution in [0.15, 0.2) is 97.2 Å². The van der Waals surface area contributed by atoms with Gasteiger partial charge in [-0.05, 0) is 66.9 Å². The maximum absolute atomic E-state index is 12.8. The molecule has 9 heteroatoms. The van der Waals surface area contributed by atoms with Gasteiger partial charge in [-0.15, -0.1) is 0 Å². The number of hydrogen-bond acceptors (Lipinski definition) is 6. The van der Waals surface area contributed by atoms with Crippen molar-refractivity contribution in [2.24, 2.45) is 5.92 Å². The quantitative estimate of drug-likeness (QED) is 0.254. The number of anilines is 1. The van der Waals surface area contributed by atoms with Crippen LogP contribution >= 0.6 is 0 Å². The van der Waals surface area contributed by atoms with E-state index in [2.05, 4.69) is 10.3 Å². The number of amides is 2. The van der Waals surface area contributed by atoms with E-state index in [0.29, 0.717) is 41.7 Å². The van der Waals surface area contributed by atoms with Crippen molar-refractivity contribution in [2.75, 3.05) is 25.0 Å². The maximum Gasteiger partial charge on any atom is 0.337 e. The molecule has 2 N–H and O–H groups in total. The first-order valence-corrected chi connectivity index (χ1v) is 13.8. The summed E-state index contributed by atoms with van der Waals surface area (Å²) < 4.78 is 11.9. The lowest BCUT2D eigenvalue weighted by molar-refractivity contribution is -0.115. The van der Waals surface area contributed by atoms with Crippen LogP contribution in [0.25, 0.3) is 0 Å². The number of pyridine rings is 1. The van der Waals surface area contributed by atoms with Gasteiger partial charge in [-0.3, -0.25) is 9.59 Å². The molecule has 0 aliphatic carbocycles. The third kappa shape index (κ3) is 7.51. The van der Waals surface area contributed by atoms with Gasteiger partial charge in [0, 0.05) is 36.8 Å². The van der Waals surface area contributed by atoms with Crippen molar-refractivity contribution in [3.05, 3.63) is 114 Å². The fourth-order valence-electron chi connectivity index (χ4n) is 4.82. The van der Waals surface area contributed by atoms with E-state index in [9.17, 15) is 19.5 Å². The molecule has 1 aromatic heterocycles. The Bertz CT molecular complexity index is 1520. The number of para-hydroxylation sites is 1. The van der Waals surface area contributed by atoms with Gasteiger partial charge >= 0.3 is 5.97 Å². The Hall–Kier alpha value is -5.18. The molecule has 5 rings (SSSR count). The molecular formula is C33H31N3O6. The van der Waals surface area contributed by atoms with E-state index in [-0.39, 0.29) is 35.4 Å². The summed E-state index contributed by atoms with van der Waals surface area (Å²) in [6.45, 7) is 1.96. The summed E-state index contributed by atoms with van der Waals surface area (Å²) in [5.74, 6) is 0.539. The van der Waals surface area contributed by atoms with Crippen molar-refractivity contribution in [1.29, 1.82) is 0 Å². The van der Waals surface area contributed by atoms with Crippen LogP contribution in [-0.4, -0.2) is 52.5 Å². The zero-order valence-corrected chi connectivity index (χ0v) is 22.9. The lowest BCUT2D eigenvalue weighted by Crippen LogP contribution is -2.41. The van der Waals surface area contributed by atoms with Crippen LogP contribution in [-0.2, 0) is 11.2 Å². The highest BCUT2D eigenvalue weighted by molar-refractivity contribution is 6.01. The second-order valence-corrected chi connectivity index (χ2v) is 10.1. The third-order valence-corrected chi connectivity index (χ3v) is 6.95. The number of carbonyl (C=O) groups is 3. The number of piperidine rings is 1. The Balaban J connectivity index is 1.08. The number of aromatic carboxylic acids is 1. The molecule has 42 heavy (non-hydrogen) atoms. The van der Waals surface area contributed by atoms with Gasteiger partial charge in [0.05, 0.1) is 24.3 Å². The fourth-order valence-corrected chi connectivity index (χ4v) is 4.82. The molecule has 1 atom stereocenters. The van der Waals surface area contributed by atoms with Gasteiger partial charge in [-0.1, -0.05) is 36.4 Å². The van der Waals surface area contributed by atoms with Crippen LogP contribution in [0.4, 0.5) is 5.69 Å². The summed E-state index contributed by atoms with van der Waals surface area (Å²) in [5, 5.41) is 11.9. The number of carboxylic acids is 1. The van der Waals surface area contributed by atoms with Gasteiger partial charge in [0.15, 0.2) is 0 Å². The number of benzene rings is 3. The highest BCUT2D eigenvalue weighted by Crippen LogP contribution is 2.25. The van der Waals surface area contributed by atoms with Crippen molar-refractivity contribution in [2.45, 2.75) is 19.3 Å². The molecule has 1 aliphatic heterocycles. The summed E-state index contributed by atoms with van der Waals surface area (Å²) in [7, 11) is 0. The zero-order valence-electron chi connectivity index (χ0n) is 22.9. The number of nitrogens with zero attached hydrogens (tertiary/aromatic N) is 2. The van der Waals surface area contributed by atoms with Gasteiger partial charge in [0.25, 0.3) is 5.91 Å². The number of nitrogens with one attached hydrogen (secondary N) is 1. The predicted molar refractivity (Wildman–Crippen MR) is 157 cm³/mol. The number of hydrogen-bond donors (Lipinski definition) is 2. The van der Waals surface area contributed by atoms with E-state index in [4.69, 9.17) is 9.47 Å². The number of likely N-dealkylation sites (tertiary alicyclic amines) is 1. The molecular weight excluding hydrogens is 534 g/mol. The minimum Gasteiger partial charge on any atom is -0.493 e. The third-order valence-electron chi connectivity index (χ3n) is 6.95. The standard InChI is InChI=1S/C33H31N3O6/c37-30(35-29-11-5-4-10-28(29)33(39)40)19-23-12-17-31(34-20-23)42-27-15-13-26(14-16-27)41-22-24-7-6-18-36(21-24)32(38)25-8-2-1-3-9-25/h1-5,8-17,20,24H,6-7,18-19,21-22H2,(H,35,37)(H,39,40). The highest BCUT2D eigenvalue weighted by atomic mass is 16.5. The Labute approximate surface area is 243 Å². The second kappa shape index (κ2) is 13.5. The highest BCUT2D eigenvalue weighted by Gasteiger charge is 2.25. The van der Waals surface area contributed by atoms with E-state index < -0.39 is 5.97 Å². The van der Waals surface area contributed by atoms with Crippen LogP contribution in [0.1, 0.15) is 39.1 Å². The van der Waals surface area contributed by atoms with E-state index in [0.717, 1.165) is 19.4 Å². The Kier molecular flexibility index (Phi) is 9.08. The molecule has 0 spiro atoms. The first-order valence-electron chi connectivity index (χ1n) is 13.8. The average molecular weight is 566 g/mol. The number of carbonyl (C=O) groups excluding carboxylic acids is 2. The molecule has 4 aromatic rings. The van der Waals surface area contributed by atoms with Crippen LogP contribution in [0.3, 0.4) is 0 Å². The molecule has 214 valence electrons. The molecule has 1 saturated heterocycles. The van der Waals surface area contributed by atoms with Crippen molar-refractivity contribution in [3.63, 3.8) is 0 Å². The van der Waals surface area contributed by atoms with Crippen molar-refractivity contribution in [1.82, 2.24) is 9.88 Å². The number of carboxylic acid groups (broad SMARTS) is 1. The van der Waals surface area contributed by atoms with E-state index in [1.54, 1.807) is 48.7 Å². The average Bonchev–Trinajstić information content (AvgIpc) is 3.02. The first-order chi connectivity index (χ1) is 20.4. The van der Waals surface area contributed by atoms with Crippen LogP contribution in [0.5, 0.6) is 17.4 Å². The minimum atomic E-state index is -1.11. The lowest BCUT2D eigenvalue weighted by Gasteiger charge is -2.32. The normalized spacial score (nSPS) is 14.6. The summed E-state index contributed by atoms with van der Waals surface area (Å²) in [6.07, 6.45) is 3.55. The van der Waals surface area contributed by atoms with Crippen LogP contribution < -0.4 is 14.8 Å². The number of aromatic nitrogens is 1. The molecule has 1 aliphatic rings. The number of rotatable bonds is 10. The zero-order chi connectivity index (χ0) is 29.3. The Morgan fingerprint density at radius 2 is 1.64 bits per heavy atom. The monoisotopic (exact) mass is 565 g/mol. The van der Waals surface area contributed by atoms with Gasteiger partial charge in [-0.2, -0.15) is 0 Å². The van der Waals surface area contributed by atoms with Gasteiger partial charge < -0.3 is 24.8 Å². The van der Waals surface area contributed by atoms with Crippen molar-refractivity contribution < 1.29 is 29.0 Å². The predicted octanol–water partition coefficient (Wildman–Crippen LogP) is 5.68. The fraction of sp³-hybridized carbons (Fsp3) is 0.212. The maximum atomic E-state index is 12.8. The van der Waals surface area contributed by atoms with Crippen LogP contribution in [0.2, 0.25) is 0 Å². The van der Waals surface area contributed by atoms with E-state index in [1.807, 2.05) is 47.4 Å². The van der Waals surface area contributed by atoms with Crippen molar-refractivity contribution in [3.8, 4) is 17.4 Å². The van der Waals surface area contributed by atoms with Gasteiger partial charge in [0.2, 0.25) is 11.8 Å². The van der Waals surface area contributed by atoms with Crippen LogP contribution in [0, 0.1) is 5.92 Å². The minimum absolute atomic E-state index is 0.0279. The summed E-state index contributed by atoms with van der Waals surface area (Å²) in [4.78, 5) is 42.8. The molecule has 0 bridgehead atoms. The molecule has 2 heterocycles. The lowest BCUT2D eigenvalue weighted by atomic mass is 9.98. The molecule has 3 aromatic carbocycles. The Morgan fingerprint density at radius 3 is 2.38 bits per heavy atom. The second-order valence-electron chi connectivity index (χ2n) is 10.1. The topological polar surface area (TPSA) is 118 Å². The SMILES string of the molecule is O=C(Cc1ccc(Oc2ccc(OCC3CCCN(C(=O)c4ccccc4)C3)cc2)nc1)Nc1ccccc1C(=O)O. The summed E-state index contributed by atoms with van der Waals surface area (Å²) in [6, 6.07) is 26.3. The first kappa shape index (κ1) is 28.4. The smallest absolute Gasteiger partial charge is 0.337 e. The molecule has 0 saturated carbocycles. The van der Waals surface area contributed by atoms with Gasteiger partial charge in [0.1, 0.15) is 11.5 Å². The molecule has 1 fully saturated rings. The summed E-state index contributed by atoms with van der Waals surface area (Å²) >= 11 is 0.